The summed E-state index contributed by atoms with van der Waals surface area (Å²) in [5, 5.41) is 6.86. The Balaban J connectivity index is 1.70. The summed E-state index contributed by atoms with van der Waals surface area (Å²) in [6.45, 7) is 2.74. The van der Waals surface area contributed by atoms with Gasteiger partial charge < -0.3 is 25.0 Å². The molecule has 7 heteroatoms. The van der Waals surface area contributed by atoms with E-state index < -0.39 is 0 Å². The molecule has 1 aromatic carbocycles. The Morgan fingerprint density at radius 1 is 1.26 bits per heavy atom. The summed E-state index contributed by atoms with van der Waals surface area (Å²) in [6, 6.07) is 8.48. The highest BCUT2D eigenvalue weighted by Crippen LogP contribution is 2.30. The van der Waals surface area contributed by atoms with Gasteiger partial charge in [-0.3, -0.25) is 9.79 Å². The second-order valence-electron chi connectivity index (χ2n) is 6.63. The SMILES string of the molecule is CN=C(NCCCCCC(=O)OC)NC1CCN(c2ccccc2OC)C1. The number of para-hydroxylation sites is 2. The fourth-order valence-electron chi connectivity index (χ4n) is 3.26. The number of carbonyl (C=O) groups is 1. The number of nitrogens with zero attached hydrogens (tertiary/aromatic N) is 2. The summed E-state index contributed by atoms with van der Waals surface area (Å²) < 4.78 is 10.1. The predicted octanol–water partition coefficient (Wildman–Crippen LogP) is 2.17. The summed E-state index contributed by atoms with van der Waals surface area (Å²) in [4.78, 5) is 17.7. The number of carbonyl (C=O) groups excluding carboxylic acids is 1. The smallest absolute Gasteiger partial charge is 0.305 e. The molecular formula is C20H32N4O3. The first kappa shape index (κ1) is 20.9. The van der Waals surface area contributed by atoms with Crippen LogP contribution in [-0.2, 0) is 9.53 Å². The molecular weight excluding hydrogens is 344 g/mol. The molecule has 1 saturated heterocycles. The molecule has 2 N–H and O–H groups in total. The summed E-state index contributed by atoms with van der Waals surface area (Å²) in [6.07, 6.45) is 4.39. The van der Waals surface area contributed by atoms with Gasteiger partial charge in [0.25, 0.3) is 0 Å². The van der Waals surface area contributed by atoms with Gasteiger partial charge in [0.2, 0.25) is 0 Å². The fraction of sp³-hybridized carbons (Fsp3) is 0.600. The number of aliphatic imine (C=N–C) groups is 1. The molecule has 1 heterocycles. The maximum atomic E-state index is 11.1. The lowest BCUT2D eigenvalue weighted by atomic mass is 10.2. The third-order valence-electron chi connectivity index (χ3n) is 4.76. The van der Waals surface area contributed by atoms with Crippen LogP contribution in [0, 0.1) is 0 Å². The second-order valence-corrected chi connectivity index (χ2v) is 6.63. The van der Waals surface area contributed by atoms with Crippen LogP contribution in [0.3, 0.4) is 0 Å². The van der Waals surface area contributed by atoms with E-state index in [1.165, 1.54) is 7.11 Å². The van der Waals surface area contributed by atoms with Gasteiger partial charge in [0.1, 0.15) is 5.75 Å². The van der Waals surface area contributed by atoms with Crippen molar-refractivity contribution >= 4 is 17.6 Å². The van der Waals surface area contributed by atoms with Crippen molar-refractivity contribution in [3.05, 3.63) is 24.3 Å². The van der Waals surface area contributed by atoms with Crippen molar-refractivity contribution in [3.8, 4) is 5.75 Å². The Morgan fingerprint density at radius 2 is 2.07 bits per heavy atom. The quantitative estimate of drug-likeness (QED) is 0.298. The number of hydrogen-bond donors (Lipinski definition) is 2. The third kappa shape index (κ3) is 6.66. The molecule has 0 radical (unpaired) electrons. The molecule has 0 saturated carbocycles. The zero-order chi connectivity index (χ0) is 19.5. The number of ether oxygens (including phenoxy) is 2. The molecule has 150 valence electrons. The molecule has 0 spiro atoms. The monoisotopic (exact) mass is 376 g/mol. The van der Waals surface area contributed by atoms with Gasteiger partial charge >= 0.3 is 5.97 Å². The minimum absolute atomic E-state index is 0.138. The van der Waals surface area contributed by atoms with E-state index in [-0.39, 0.29) is 5.97 Å². The number of hydrogen-bond acceptors (Lipinski definition) is 5. The average Bonchev–Trinajstić information content (AvgIpc) is 3.17. The molecule has 2 rings (SSSR count). The van der Waals surface area contributed by atoms with E-state index in [2.05, 4.69) is 31.3 Å². The number of nitrogens with one attached hydrogen (secondary N) is 2. The summed E-state index contributed by atoms with van der Waals surface area (Å²) in [7, 11) is 4.93. The second kappa shape index (κ2) is 11.3. The third-order valence-corrected chi connectivity index (χ3v) is 4.76. The Bertz CT molecular complexity index is 621. The first-order valence-corrected chi connectivity index (χ1v) is 9.60. The lowest BCUT2D eigenvalue weighted by Gasteiger charge is -2.22. The van der Waals surface area contributed by atoms with Crippen LogP contribution in [0.2, 0.25) is 0 Å². The van der Waals surface area contributed by atoms with Crippen LogP contribution in [0.5, 0.6) is 5.75 Å². The normalized spacial score (nSPS) is 16.9. The molecule has 1 atom stereocenters. The number of unbranched alkanes of at least 4 members (excludes halogenated alkanes) is 2. The number of guanidine groups is 1. The van der Waals surface area contributed by atoms with E-state index in [9.17, 15) is 4.79 Å². The highest BCUT2D eigenvalue weighted by atomic mass is 16.5. The van der Waals surface area contributed by atoms with Crippen molar-refractivity contribution in [2.24, 2.45) is 4.99 Å². The van der Waals surface area contributed by atoms with Gasteiger partial charge in [-0.25, -0.2) is 0 Å². The van der Waals surface area contributed by atoms with Gasteiger partial charge in [-0.1, -0.05) is 18.6 Å². The maximum absolute atomic E-state index is 11.1. The highest BCUT2D eigenvalue weighted by molar-refractivity contribution is 5.80. The van der Waals surface area contributed by atoms with E-state index in [4.69, 9.17) is 4.74 Å². The predicted molar refractivity (Wildman–Crippen MR) is 109 cm³/mol. The summed E-state index contributed by atoms with van der Waals surface area (Å²) >= 11 is 0. The molecule has 1 aliphatic rings. The van der Waals surface area contributed by atoms with Crippen molar-refractivity contribution in [3.63, 3.8) is 0 Å². The van der Waals surface area contributed by atoms with E-state index in [1.54, 1.807) is 14.2 Å². The molecule has 27 heavy (non-hydrogen) atoms. The molecule has 1 aromatic rings. The summed E-state index contributed by atoms with van der Waals surface area (Å²) in [5.41, 5.74) is 1.14. The van der Waals surface area contributed by atoms with Gasteiger partial charge in [0.05, 0.1) is 19.9 Å². The van der Waals surface area contributed by atoms with Gasteiger partial charge in [-0.15, -0.1) is 0 Å². The molecule has 0 amide bonds. The zero-order valence-corrected chi connectivity index (χ0v) is 16.7. The van der Waals surface area contributed by atoms with Crippen LogP contribution >= 0.6 is 0 Å². The standard InChI is InChI=1S/C20H32N4O3/c1-21-20(22-13-8-4-5-11-19(25)27-3)23-16-12-14-24(15-16)17-9-6-7-10-18(17)26-2/h6-7,9-10,16H,4-5,8,11-15H2,1-3H3,(H2,21,22,23). The van der Waals surface area contributed by atoms with E-state index in [0.717, 1.165) is 62.7 Å². The molecule has 1 fully saturated rings. The number of methoxy groups -OCH3 is 2. The van der Waals surface area contributed by atoms with Crippen LogP contribution < -0.4 is 20.3 Å². The molecule has 0 aliphatic carbocycles. The summed E-state index contributed by atoms with van der Waals surface area (Å²) in [5.74, 6) is 1.60. The van der Waals surface area contributed by atoms with Crippen molar-refractivity contribution < 1.29 is 14.3 Å². The Labute approximate surface area is 162 Å². The van der Waals surface area contributed by atoms with Crippen LogP contribution in [0.15, 0.2) is 29.3 Å². The molecule has 0 aromatic heterocycles. The van der Waals surface area contributed by atoms with Crippen LogP contribution in [0.1, 0.15) is 32.1 Å². The maximum Gasteiger partial charge on any atom is 0.305 e. The molecule has 1 unspecified atom stereocenters. The van der Waals surface area contributed by atoms with Crippen LogP contribution in [-0.4, -0.2) is 58.9 Å². The molecule has 0 bridgehead atoms. The number of anilines is 1. The van der Waals surface area contributed by atoms with Crippen molar-refractivity contribution in [2.45, 2.75) is 38.1 Å². The number of esters is 1. The van der Waals surface area contributed by atoms with Gasteiger partial charge in [0, 0.05) is 39.1 Å². The lowest BCUT2D eigenvalue weighted by molar-refractivity contribution is -0.140. The van der Waals surface area contributed by atoms with Crippen molar-refractivity contribution in [2.75, 3.05) is 45.8 Å². The molecule has 7 nitrogen and oxygen atoms in total. The lowest BCUT2D eigenvalue weighted by Crippen LogP contribution is -2.44. The number of benzene rings is 1. The van der Waals surface area contributed by atoms with Gasteiger partial charge in [-0.05, 0) is 31.4 Å². The minimum atomic E-state index is -0.138. The Hall–Kier alpha value is -2.44. The van der Waals surface area contributed by atoms with E-state index >= 15 is 0 Å². The van der Waals surface area contributed by atoms with E-state index in [0.29, 0.717) is 12.5 Å². The largest absolute Gasteiger partial charge is 0.495 e. The highest BCUT2D eigenvalue weighted by Gasteiger charge is 2.25. The Kier molecular flexibility index (Phi) is 8.74. The van der Waals surface area contributed by atoms with Gasteiger partial charge in [0.15, 0.2) is 5.96 Å². The van der Waals surface area contributed by atoms with Crippen LogP contribution in [0.4, 0.5) is 5.69 Å². The van der Waals surface area contributed by atoms with Crippen molar-refractivity contribution in [1.29, 1.82) is 0 Å². The van der Waals surface area contributed by atoms with Gasteiger partial charge in [-0.2, -0.15) is 0 Å². The van der Waals surface area contributed by atoms with Crippen LogP contribution in [0.25, 0.3) is 0 Å². The number of rotatable bonds is 9. The zero-order valence-electron chi connectivity index (χ0n) is 16.7. The van der Waals surface area contributed by atoms with E-state index in [1.807, 2.05) is 18.2 Å². The molecule has 1 aliphatic heterocycles. The first-order chi connectivity index (χ1) is 13.2. The topological polar surface area (TPSA) is 75.2 Å². The Morgan fingerprint density at radius 3 is 2.81 bits per heavy atom. The fourth-order valence-corrected chi connectivity index (χ4v) is 3.26. The minimum Gasteiger partial charge on any atom is -0.495 e. The first-order valence-electron chi connectivity index (χ1n) is 9.60. The average molecular weight is 377 g/mol. The van der Waals surface area contributed by atoms with Crippen molar-refractivity contribution in [1.82, 2.24) is 10.6 Å².